The van der Waals surface area contributed by atoms with E-state index in [-0.39, 0.29) is 30.9 Å². The van der Waals surface area contributed by atoms with E-state index in [0.717, 1.165) is 114 Å². The molecule has 7 rings (SSSR count). The zero-order chi connectivity index (χ0) is 64.7. The average Bonchev–Trinajstić information content (AvgIpc) is 2.29. The molecule has 5 aliphatic heterocycles. The lowest BCUT2D eigenvalue weighted by molar-refractivity contribution is -0.414. The zero-order valence-corrected chi connectivity index (χ0v) is 58.2. The Morgan fingerprint density at radius 3 is 1.37 bits per heavy atom. The Morgan fingerprint density at radius 1 is 0.494 bits per heavy atom. The summed E-state index contributed by atoms with van der Waals surface area (Å²) in [4.78, 5) is 0. The molecule has 0 spiro atoms. The van der Waals surface area contributed by atoms with Crippen molar-refractivity contribution in [1.29, 1.82) is 0 Å². The van der Waals surface area contributed by atoms with Crippen LogP contribution in [0.5, 0.6) is 0 Å². The van der Waals surface area contributed by atoms with Crippen LogP contribution in [0.15, 0.2) is 30.3 Å². The van der Waals surface area contributed by atoms with Crippen LogP contribution in [0.1, 0.15) is 89.7 Å². The molecule has 34 heteroatoms. The van der Waals surface area contributed by atoms with Gasteiger partial charge in [-0.15, -0.1) is 0 Å². The molecule has 512 valence electrons. The van der Waals surface area contributed by atoms with Gasteiger partial charge in [-0.1, -0.05) is 50.1 Å². The molecule has 6 unspecified atom stereocenters. The van der Waals surface area contributed by atoms with Crippen LogP contribution in [0.4, 0.5) is 35.1 Å². The maximum atomic E-state index is 13.4. The summed E-state index contributed by atoms with van der Waals surface area (Å²) in [6, 6.07) is 14.6. The van der Waals surface area contributed by atoms with Gasteiger partial charge in [0.25, 0.3) is 0 Å². The van der Waals surface area contributed by atoms with Crippen molar-refractivity contribution in [2.45, 2.75) is 169 Å². The number of hydrogen-bond donors (Lipinski definition) is 5. The van der Waals surface area contributed by atoms with E-state index >= 15 is 0 Å². The molecule has 87 heavy (non-hydrogen) atoms. The average molecular weight is 1360 g/mol. The molecule has 1 aromatic rings. The Balaban J connectivity index is 0.000000291. The largest absolute Gasteiger partial charge is 0.501 e. The normalized spacial score (nSPS) is 27.2. The Hall–Kier alpha value is -1.10. The van der Waals surface area contributed by atoms with E-state index < -0.39 is 81.1 Å². The summed E-state index contributed by atoms with van der Waals surface area (Å²) >= 11 is 0. The van der Waals surface area contributed by atoms with Crippen molar-refractivity contribution < 1.29 is 106 Å². The van der Waals surface area contributed by atoms with E-state index in [1.54, 1.807) is 56.9 Å². The quantitative estimate of drug-likeness (QED) is 0.0700. The van der Waals surface area contributed by atoms with Crippen LogP contribution >= 0.6 is 0 Å². The van der Waals surface area contributed by atoms with E-state index in [4.69, 9.17) is 66.4 Å². The smallest absolute Gasteiger partial charge is 0.377 e. The van der Waals surface area contributed by atoms with Crippen molar-refractivity contribution in [1.82, 2.24) is 26.6 Å². The molecule has 1 aromatic carbocycles. The number of fused-ring (bicyclic) bond motifs is 1. The fourth-order valence-corrected chi connectivity index (χ4v) is 21.3. The summed E-state index contributed by atoms with van der Waals surface area (Å²) in [5, 5.41) is 16.4. The topological polar surface area (TPSA) is 208 Å². The van der Waals surface area contributed by atoms with Gasteiger partial charge in [-0.05, 0) is 96.6 Å². The lowest BCUT2D eigenvalue weighted by atomic mass is 9.92. The molecule has 6 atom stereocenters. The van der Waals surface area contributed by atoms with Gasteiger partial charge in [0.1, 0.15) is 0 Å². The molecular weight excluding hydrogens is 1260 g/mol. The predicted octanol–water partition coefficient (Wildman–Crippen LogP) is 7.87. The lowest BCUT2D eigenvalue weighted by Gasteiger charge is -2.40. The molecule has 6 fully saturated rings. The number of halogens is 8. The van der Waals surface area contributed by atoms with Gasteiger partial charge in [0, 0.05) is 134 Å². The van der Waals surface area contributed by atoms with Crippen LogP contribution in [0.2, 0.25) is 30.2 Å². The summed E-state index contributed by atoms with van der Waals surface area (Å²) in [6.07, 6.45) is -0.788. The van der Waals surface area contributed by atoms with Gasteiger partial charge in [-0.3, -0.25) is 0 Å². The maximum absolute atomic E-state index is 13.4. The van der Waals surface area contributed by atoms with E-state index in [1.165, 1.54) is 33.5 Å². The monoisotopic (exact) mass is 1360 g/mol. The highest BCUT2D eigenvalue weighted by molar-refractivity contribution is 6.62. The minimum absolute atomic E-state index is 0.00179. The second-order valence-corrected chi connectivity index (χ2v) is 36.0. The van der Waals surface area contributed by atoms with E-state index in [0.29, 0.717) is 25.1 Å². The molecular formula is C53H103F8N5O16Si5. The molecule has 21 nitrogen and oxygen atoms in total. The lowest BCUT2D eigenvalue weighted by Crippen LogP contribution is -2.59. The Morgan fingerprint density at radius 2 is 0.897 bits per heavy atom. The van der Waals surface area contributed by atoms with E-state index in [1.807, 2.05) is 25.1 Å². The fraction of sp³-hybridized carbons (Fsp3) is 0.887. The number of rotatable bonds is 18. The first-order valence-corrected chi connectivity index (χ1v) is 39.7. The second-order valence-electron chi connectivity index (χ2n) is 21.5. The van der Waals surface area contributed by atoms with Crippen molar-refractivity contribution >= 4 is 44.0 Å². The SMILES string of the molecule is CCC1CNCCC[Si](OC)(OC)O1.CO[Si]1(OC)CCCNC2CCCCC2O1.CO[Si]1(OC)CCCNCC(C)O1.CO[Si]1(OC)CCCNCC(COC(F)(F)C(F)(F)C(F)(F)C(F)F)O1.CO[Si]1(OC)CCCNCC(c2ccccc2)O1. The first-order chi connectivity index (χ1) is 41.4. The third kappa shape index (κ3) is 25.0. The molecule has 0 aromatic heterocycles. The number of alkyl halides is 8. The molecule has 0 radical (unpaired) electrons. The van der Waals surface area contributed by atoms with Gasteiger partial charge >= 0.3 is 68.4 Å². The number of ether oxygens (including phenoxy) is 1. The predicted molar refractivity (Wildman–Crippen MR) is 320 cm³/mol. The molecule has 6 aliphatic rings. The summed E-state index contributed by atoms with van der Waals surface area (Å²) < 4.78 is 190. The minimum Gasteiger partial charge on any atom is -0.377 e. The third-order valence-corrected chi connectivity index (χ3v) is 30.1. The van der Waals surface area contributed by atoms with Crippen molar-refractivity contribution in [3.63, 3.8) is 0 Å². The van der Waals surface area contributed by atoms with E-state index in [2.05, 4.69) is 50.4 Å². The Labute approximate surface area is 516 Å². The molecule has 1 saturated carbocycles. The fourth-order valence-electron chi connectivity index (χ4n) is 10.3. The van der Waals surface area contributed by atoms with Crippen LogP contribution in [0.25, 0.3) is 0 Å². The highest BCUT2D eigenvalue weighted by atomic mass is 28.4. The van der Waals surface area contributed by atoms with E-state index in [9.17, 15) is 35.1 Å². The molecule has 5 N–H and O–H groups in total. The molecule has 5 heterocycles. The van der Waals surface area contributed by atoms with Gasteiger partial charge in [0.2, 0.25) is 0 Å². The third-order valence-electron chi connectivity index (χ3n) is 15.6. The molecule has 0 bridgehead atoms. The van der Waals surface area contributed by atoms with Crippen LogP contribution in [0, 0.1) is 0 Å². The van der Waals surface area contributed by atoms with Crippen LogP contribution in [-0.4, -0.2) is 235 Å². The van der Waals surface area contributed by atoms with Gasteiger partial charge in [0.15, 0.2) is 0 Å². The Bertz CT molecular complexity index is 1960. The first-order valence-electron chi connectivity index (χ1n) is 30.0. The summed E-state index contributed by atoms with van der Waals surface area (Å²) in [6.45, 7) is 9.79. The van der Waals surface area contributed by atoms with Gasteiger partial charge < -0.3 is 97.7 Å². The standard InChI is InChI=1S/C13H21NO3Si.C12H19F8NO4Si.C11H23NO3Si.C9H21NO3Si.C8H19NO3Si/c1-15-18(16-2)10-6-9-14-11-13(17-18)12-7-4-3-5-8-12;1-22-26(23-2)5-3-4-21-6-8(25-26)7-24-12(19,20)11(17,18)10(15,16)9(13)14;1-13-16(14-2)9-5-8-12-10-6-3-4-7-11(10)15-16;1-4-9-8-10-6-5-7-14(11-2,12-3)13-9;1-8-7-9-5-4-6-13(10-2,11-3)12-8/h3-5,7-8,13-14H,6,9-11H2,1-2H3;8-9,21H,3-7H2,1-2H3;10-12H,3-9H2,1-2H3;9-10H,4-8H2,1-3H3;8-9H,4-7H2,1-3H3. The molecule has 0 amide bonds. The summed E-state index contributed by atoms with van der Waals surface area (Å²) in [7, 11) is 3.25. The van der Waals surface area contributed by atoms with Gasteiger partial charge in [-0.2, -0.15) is 26.3 Å². The zero-order valence-electron chi connectivity index (χ0n) is 53.2. The first kappa shape index (κ1) is 80.1. The van der Waals surface area contributed by atoms with Crippen molar-refractivity contribution in [3.8, 4) is 0 Å². The second kappa shape index (κ2) is 40.2. The summed E-state index contributed by atoms with van der Waals surface area (Å²) in [5.41, 5.74) is 1.16. The number of benzene rings is 1. The van der Waals surface area contributed by atoms with Crippen LogP contribution in [-0.2, 0) is 71.1 Å². The minimum atomic E-state index is -6.43. The van der Waals surface area contributed by atoms with Gasteiger partial charge in [0.05, 0.1) is 37.1 Å². The Kier molecular flexibility index (Phi) is 37.1. The highest BCUT2D eigenvalue weighted by Gasteiger charge is 2.77. The van der Waals surface area contributed by atoms with Crippen LogP contribution < -0.4 is 26.6 Å². The maximum Gasteiger partial charge on any atom is 0.501 e. The molecule has 5 saturated heterocycles. The molecule has 1 aliphatic carbocycles. The highest BCUT2D eigenvalue weighted by Crippen LogP contribution is 2.49. The number of hydrogen-bond acceptors (Lipinski definition) is 21. The van der Waals surface area contributed by atoms with Gasteiger partial charge in [-0.25, -0.2) is 8.78 Å². The summed E-state index contributed by atoms with van der Waals surface area (Å²) in [5.74, 6) is -12.7. The number of nitrogens with one attached hydrogen (secondary N) is 5. The van der Waals surface area contributed by atoms with Crippen LogP contribution in [0.3, 0.4) is 0 Å². The van der Waals surface area contributed by atoms with Crippen molar-refractivity contribution in [3.05, 3.63) is 35.9 Å². The van der Waals surface area contributed by atoms with Crippen molar-refractivity contribution in [2.75, 3.05) is 137 Å². The van der Waals surface area contributed by atoms with Crippen molar-refractivity contribution in [2.24, 2.45) is 0 Å².